The van der Waals surface area contributed by atoms with E-state index in [0.717, 1.165) is 21.5 Å². The third-order valence-corrected chi connectivity index (χ3v) is 6.87. The Kier molecular flexibility index (Phi) is 8.67. The molecule has 0 aliphatic heterocycles. The molecule has 0 aliphatic carbocycles. The summed E-state index contributed by atoms with van der Waals surface area (Å²) in [6.07, 6.45) is 0.500. The first-order valence-corrected chi connectivity index (χ1v) is 12.8. The van der Waals surface area contributed by atoms with Crippen LogP contribution < -0.4 is 36.1 Å². The van der Waals surface area contributed by atoms with E-state index >= 15 is 0 Å². The summed E-state index contributed by atoms with van der Waals surface area (Å²) in [6.45, 7) is -0.541. The maximum absolute atomic E-state index is 13.3. The van der Waals surface area contributed by atoms with Crippen LogP contribution in [0.4, 0.5) is 5.69 Å². The molecular weight excluding hydrogens is 524 g/mol. The number of rotatable bonds is 11. The number of carbonyl (C=O) groups is 2. The van der Waals surface area contributed by atoms with Crippen LogP contribution in [0.25, 0.3) is 10.2 Å². The molecule has 11 nitrogen and oxygen atoms in total. The van der Waals surface area contributed by atoms with Crippen LogP contribution in [0.5, 0.6) is 17.2 Å². The number of hydrogen-bond acceptors (Lipinski definition) is 8. The van der Waals surface area contributed by atoms with Crippen LogP contribution in [0.3, 0.4) is 0 Å². The number of amides is 2. The molecule has 2 amide bonds. The predicted octanol–water partition coefficient (Wildman–Crippen LogP) is 2.25. The quantitative estimate of drug-likeness (QED) is 0.292. The highest BCUT2D eigenvalue weighted by Gasteiger charge is 2.18. The van der Waals surface area contributed by atoms with Crippen LogP contribution in [-0.4, -0.2) is 48.8 Å². The molecule has 0 fully saturated rings. The molecule has 0 saturated heterocycles. The molecule has 0 bridgehead atoms. The van der Waals surface area contributed by atoms with Crippen molar-refractivity contribution >= 4 is 39.1 Å². The lowest BCUT2D eigenvalue weighted by atomic mass is 10.1. The number of anilines is 1. The Morgan fingerprint density at radius 1 is 0.872 bits per heavy atom. The van der Waals surface area contributed by atoms with Crippen LogP contribution in [-0.2, 0) is 29.1 Å². The second-order valence-corrected chi connectivity index (χ2v) is 9.38. The summed E-state index contributed by atoms with van der Waals surface area (Å²) < 4.78 is 18.0. The van der Waals surface area contributed by atoms with Gasteiger partial charge in [-0.3, -0.25) is 19.0 Å². The maximum atomic E-state index is 13.3. The van der Waals surface area contributed by atoms with E-state index in [4.69, 9.17) is 14.2 Å². The van der Waals surface area contributed by atoms with Gasteiger partial charge in [0, 0.05) is 18.3 Å². The zero-order valence-electron chi connectivity index (χ0n) is 21.7. The summed E-state index contributed by atoms with van der Waals surface area (Å²) in [7, 11) is 4.61. The number of benzene rings is 2. The number of fused-ring (bicyclic) bond motifs is 1. The molecule has 2 heterocycles. The van der Waals surface area contributed by atoms with E-state index in [2.05, 4.69) is 10.6 Å². The van der Waals surface area contributed by atoms with Gasteiger partial charge in [0.15, 0.2) is 11.5 Å². The molecule has 0 atom stereocenters. The molecule has 204 valence electrons. The molecule has 4 aromatic rings. The topological polar surface area (TPSA) is 130 Å². The van der Waals surface area contributed by atoms with Crippen LogP contribution in [0.1, 0.15) is 5.56 Å². The molecule has 2 aromatic carbocycles. The van der Waals surface area contributed by atoms with E-state index in [1.165, 1.54) is 11.7 Å². The van der Waals surface area contributed by atoms with Gasteiger partial charge in [0.1, 0.15) is 23.5 Å². The molecule has 0 saturated carbocycles. The Bertz CT molecular complexity index is 1620. The van der Waals surface area contributed by atoms with E-state index in [0.29, 0.717) is 34.9 Å². The molecule has 0 unspecified atom stereocenters. The van der Waals surface area contributed by atoms with Crippen molar-refractivity contribution in [2.24, 2.45) is 0 Å². The number of hydrogen-bond donors (Lipinski definition) is 2. The van der Waals surface area contributed by atoms with Gasteiger partial charge in [0.25, 0.3) is 5.56 Å². The third kappa shape index (κ3) is 6.29. The second kappa shape index (κ2) is 12.3. The Morgan fingerprint density at radius 2 is 1.64 bits per heavy atom. The van der Waals surface area contributed by atoms with Crippen molar-refractivity contribution in [1.82, 2.24) is 14.5 Å². The molecule has 0 radical (unpaired) electrons. The summed E-state index contributed by atoms with van der Waals surface area (Å²) in [5.74, 6) is 0.770. The van der Waals surface area contributed by atoms with Gasteiger partial charge in [0.05, 0.1) is 26.8 Å². The van der Waals surface area contributed by atoms with Crippen LogP contribution in [0.2, 0.25) is 0 Å². The number of nitrogens with one attached hydrogen (secondary N) is 2. The Hall–Kier alpha value is -4.58. The number of nitrogens with zero attached hydrogens (tertiary/aromatic N) is 2. The zero-order valence-corrected chi connectivity index (χ0v) is 22.5. The van der Waals surface area contributed by atoms with Crippen molar-refractivity contribution in [2.75, 3.05) is 33.2 Å². The third-order valence-electron chi connectivity index (χ3n) is 5.98. The van der Waals surface area contributed by atoms with Gasteiger partial charge in [0.2, 0.25) is 11.8 Å². The molecule has 2 N–H and O–H groups in total. The minimum Gasteiger partial charge on any atom is -0.497 e. The van der Waals surface area contributed by atoms with Crippen molar-refractivity contribution in [3.05, 3.63) is 80.3 Å². The normalized spacial score (nSPS) is 10.7. The summed E-state index contributed by atoms with van der Waals surface area (Å²) in [5, 5.41) is 7.13. The number of aromatic nitrogens is 2. The molecule has 39 heavy (non-hydrogen) atoms. The predicted molar refractivity (Wildman–Crippen MR) is 148 cm³/mol. The summed E-state index contributed by atoms with van der Waals surface area (Å²) in [5.41, 5.74) is 0.415. The zero-order chi connectivity index (χ0) is 27.9. The largest absolute Gasteiger partial charge is 0.497 e. The minimum absolute atomic E-state index is 0.279. The number of ether oxygens (including phenoxy) is 3. The molecule has 0 aliphatic rings. The van der Waals surface area contributed by atoms with Gasteiger partial charge < -0.3 is 24.8 Å². The van der Waals surface area contributed by atoms with Crippen molar-refractivity contribution in [1.29, 1.82) is 0 Å². The first-order chi connectivity index (χ1) is 18.8. The van der Waals surface area contributed by atoms with Gasteiger partial charge in [-0.2, -0.15) is 0 Å². The molecule has 4 rings (SSSR count). The fraction of sp³-hybridized carbons (Fsp3) is 0.259. The Labute approximate surface area is 227 Å². The number of methoxy groups -OCH3 is 3. The first kappa shape index (κ1) is 27.5. The smallest absolute Gasteiger partial charge is 0.332 e. The SMILES string of the molecule is COc1cccc(NC(=O)Cn2c(=O)n(CC(=O)NCCc3ccc(OC)c(OC)c3)c(=O)c3sccc32)c1. The standard InChI is InChI=1S/C27H28N4O7S/c1-36-19-6-4-5-18(14-19)29-24(33)16-30-20-10-12-39-25(20)26(34)31(27(30)35)15-23(32)28-11-9-17-7-8-21(37-2)22(13-17)38-3/h4-8,10,12-14H,9,11,15-16H2,1-3H3,(H,28,32)(H,29,33). The van der Waals surface area contributed by atoms with E-state index in [1.54, 1.807) is 56.0 Å². The van der Waals surface area contributed by atoms with Gasteiger partial charge in [-0.05, 0) is 47.7 Å². The summed E-state index contributed by atoms with van der Waals surface area (Å²) in [4.78, 5) is 51.8. The fourth-order valence-corrected chi connectivity index (χ4v) is 4.90. The van der Waals surface area contributed by atoms with E-state index in [-0.39, 0.29) is 17.8 Å². The van der Waals surface area contributed by atoms with Crippen LogP contribution >= 0.6 is 11.3 Å². The Balaban J connectivity index is 1.48. The second-order valence-electron chi connectivity index (χ2n) is 8.46. The van der Waals surface area contributed by atoms with E-state index < -0.39 is 29.6 Å². The average molecular weight is 553 g/mol. The highest BCUT2D eigenvalue weighted by atomic mass is 32.1. The van der Waals surface area contributed by atoms with E-state index in [1.807, 2.05) is 12.1 Å². The van der Waals surface area contributed by atoms with Gasteiger partial charge in [-0.15, -0.1) is 11.3 Å². The molecule has 12 heteroatoms. The first-order valence-electron chi connectivity index (χ1n) is 12.0. The summed E-state index contributed by atoms with van der Waals surface area (Å²) in [6, 6.07) is 13.9. The van der Waals surface area contributed by atoms with Crippen molar-refractivity contribution in [3.8, 4) is 17.2 Å². The fourth-order valence-electron chi connectivity index (χ4n) is 4.05. The molecular formula is C27H28N4O7S. The summed E-state index contributed by atoms with van der Waals surface area (Å²) >= 11 is 1.14. The lowest BCUT2D eigenvalue weighted by molar-refractivity contribution is -0.121. The van der Waals surface area contributed by atoms with Gasteiger partial charge >= 0.3 is 5.69 Å². The van der Waals surface area contributed by atoms with Gasteiger partial charge in [-0.25, -0.2) is 9.36 Å². The number of thiophene rings is 1. The lowest BCUT2D eigenvalue weighted by Gasteiger charge is -2.13. The van der Waals surface area contributed by atoms with Crippen molar-refractivity contribution in [2.45, 2.75) is 19.5 Å². The highest BCUT2D eigenvalue weighted by molar-refractivity contribution is 7.17. The average Bonchev–Trinajstić information content (AvgIpc) is 3.43. The van der Waals surface area contributed by atoms with Crippen LogP contribution in [0.15, 0.2) is 63.5 Å². The van der Waals surface area contributed by atoms with Gasteiger partial charge in [-0.1, -0.05) is 12.1 Å². The maximum Gasteiger partial charge on any atom is 0.332 e. The monoisotopic (exact) mass is 552 g/mol. The minimum atomic E-state index is -0.748. The number of carbonyl (C=O) groups excluding carboxylic acids is 2. The highest BCUT2D eigenvalue weighted by Crippen LogP contribution is 2.27. The van der Waals surface area contributed by atoms with E-state index in [9.17, 15) is 19.2 Å². The molecule has 2 aromatic heterocycles. The van der Waals surface area contributed by atoms with Crippen molar-refractivity contribution < 1.29 is 23.8 Å². The van der Waals surface area contributed by atoms with Crippen molar-refractivity contribution in [3.63, 3.8) is 0 Å². The van der Waals surface area contributed by atoms with Crippen LogP contribution in [0, 0.1) is 0 Å². The molecule has 0 spiro atoms. The Morgan fingerprint density at radius 3 is 2.38 bits per heavy atom. The lowest BCUT2D eigenvalue weighted by Crippen LogP contribution is -2.44.